The highest BCUT2D eigenvalue weighted by Crippen LogP contribution is 2.21. The molecule has 23 heavy (non-hydrogen) atoms. The number of likely N-dealkylation sites (tertiary alicyclic amines) is 1. The van der Waals surface area contributed by atoms with E-state index >= 15 is 0 Å². The van der Waals surface area contributed by atoms with Crippen LogP contribution in [0.4, 0.5) is 0 Å². The SMILES string of the molecule is C=C(OC(C)(C)C)N1CCN(C(=O)[C@@H]2CCCCN2CC)CC1. The molecule has 0 aromatic heterocycles. The van der Waals surface area contributed by atoms with Crippen LogP contribution < -0.4 is 0 Å². The molecule has 0 aromatic rings. The molecule has 2 heterocycles. The maximum absolute atomic E-state index is 12.8. The van der Waals surface area contributed by atoms with Gasteiger partial charge in [-0.25, -0.2) is 0 Å². The van der Waals surface area contributed by atoms with Crippen LogP contribution in [0.15, 0.2) is 12.5 Å². The lowest BCUT2D eigenvalue weighted by molar-refractivity contribution is -0.140. The molecule has 1 atom stereocenters. The Balaban J connectivity index is 1.86. The molecule has 1 amide bonds. The minimum Gasteiger partial charge on any atom is -0.474 e. The van der Waals surface area contributed by atoms with Gasteiger partial charge in [0.15, 0.2) is 5.88 Å². The van der Waals surface area contributed by atoms with E-state index in [2.05, 4.69) is 23.3 Å². The van der Waals surface area contributed by atoms with E-state index in [0.29, 0.717) is 5.91 Å². The zero-order chi connectivity index (χ0) is 17.0. The number of carbonyl (C=O) groups is 1. The van der Waals surface area contributed by atoms with E-state index in [1.54, 1.807) is 0 Å². The Bertz CT molecular complexity index is 422. The largest absolute Gasteiger partial charge is 0.474 e. The van der Waals surface area contributed by atoms with Crippen molar-refractivity contribution in [2.75, 3.05) is 39.3 Å². The number of piperidine rings is 1. The van der Waals surface area contributed by atoms with Crippen molar-refractivity contribution in [2.24, 2.45) is 0 Å². The quantitative estimate of drug-likeness (QED) is 0.744. The number of amides is 1. The Kier molecular flexibility index (Phi) is 5.95. The van der Waals surface area contributed by atoms with Crippen molar-refractivity contribution in [3.8, 4) is 0 Å². The van der Waals surface area contributed by atoms with Gasteiger partial charge in [-0.05, 0) is 53.3 Å². The highest BCUT2D eigenvalue weighted by Gasteiger charge is 2.33. The molecular formula is C18H33N3O2. The zero-order valence-corrected chi connectivity index (χ0v) is 15.3. The fraction of sp³-hybridized carbons (Fsp3) is 0.833. The van der Waals surface area contributed by atoms with Crippen LogP contribution in [0.5, 0.6) is 0 Å². The molecule has 0 spiro atoms. The molecule has 0 aliphatic carbocycles. The fourth-order valence-electron chi connectivity index (χ4n) is 3.45. The number of rotatable bonds is 4. The van der Waals surface area contributed by atoms with Crippen molar-refractivity contribution in [2.45, 2.75) is 58.6 Å². The molecule has 132 valence electrons. The van der Waals surface area contributed by atoms with E-state index < -0.39 is 0 Å². The fourth-order valence-corrected chi connectivity index (χ4v) is 3.45. The number of hydrogen-bond acceptors (Lipinski definition) is 4. The van der Waals surface area contributed by atoms with Crippen LogP contribution in [0.1, 0.15) is 47.0 Å². The Hall–Kier alpha value is -1.23. The summed E-state index contributed by atoms with van der Waals surface area (Å²) >= 11 is 0. The average Bonchev–Trinajstić information content (AvgIpc) is 2.52. The topological polar surface area (TPSA) is 36.0 Å². The molecule has 0 unspecified atom stereocenters. The lowest BCUT2D eigenvalue weighted by Gasteiger charge is -2.41. The van der Waals surface area contributed by atoms with Gasteiger partial charge in [0, 0.05) is 26.2 Å². The summed E-state index contributed by atoms with van der Waals surface area (Å²) in [4.78, 5) is 19.3. The predicted octanol–water partition coefficient (Wildman–Crippen LogP) is 2.29. The van der Waals surface area contributed by atoms with Gasteiger partial charge in [0.2, 0.25) is 5.91 Å². The Morgan fingerprint density at radius 1 is 1.09 bits per heavy atom. The summed E-state index contributed by atoms with van der Waals surface area (Å²) in [6, 6.07) is 0.0920. The van der Waals surface area contributed by atoms with Crippen LogP contribution in [0.3, 0.4) is 0 Å². The van der Waals surface area contributed by atoms with Crippen molar-refractivity contribution in [1.29, 1.82) is 0 Å². The number of ether oxygens (including phenoxy) is 1. The first-order chi connectivity index (χ1) is 10.8. The summed E-state index contributed by atoms with van der Waals surface area (Å²) in [5.74, 6) is 1.03. The molecule has 5 heteroatoms. The van der Waals surface area contributed by atoms with E-state index in [0.717, 1.165) is 51.6 Å². The molecular weight excluding hydrogens is 290 g/mol. The maximum atomic E-state index is 12.8. The molecule has 2 saturated heterocycles. The Labute approximate surface area is 141 Å². The van der Waals surface area contributed by atoms with Crippen LogP contribution in [0, 0.1) is 0 Å². The van der Waals surface area contributed by atoms with E-state index in [-0.39, 0.29) is 11.6 Å². The minimum absolute atomic E-state index is 0.0920. The van der Waals surface area contributed by atoms with Gasteiger partial charge in [0.05, 0.1) is 6.04 Å². The summed E-state index contributed by atoms with van der Waals surface area (Å²) in [5, 5.41) is 0. The normalized spacial score (nSPS) is 23.7. The molecule has 0 radical (unpaired) electrons. The molecule has 0 saturated carbocycles. The van der Waals surface area contributed by atoms with Crippen LogP contribution in [-0.4, -0.2) is 71.5 Å². The second-order valence-electron chi connectivity index (χ2n) is 7.56. The van der Waals surface area contributed by atoms with Crippen LogP contribution >= 0.6 is 0 Å². The first-order valence-electron chi connectivity index (χ1n) is 8.97. The highest BCUT2D eigenvalue weighted by atomic mass is 16.5. The number of piperazine rings is 1. The third kappa shape index (κ3) is 4.87. The third-order valence-corrected chi connectivity index (χ3v) is 4.67. The van der Waals surface area contributed by atoms with Crippen LogP contribution in [0.2, 0.25) is 0 Å². The Morgan fingerprint density at radius 3 is 2.26 bits per heavy atom. The maximum Gasteiger partial charge on any atom is 0.240 e. The van der Waals surface area contributed by atoms with Crippen LogP contribution in [0.25, 0.3) is 0 Å². The molecule has 5 nitrogen and oxygen atoms in total. The van der Waals surface area contributed by atoms with Gasteiger partial charge < -0.3 is 14.5 Å². The van der Waals surface area contributed by atoms with E-state index in [9.17, 15) is 4.79 Å². The number of carbonyl (C=O) groups excluding carboxylic acids is 1. The standard InChI is InChI=1S/C18H33N3O2/c1-6-19-10-8-7-9-16(19)17(22)21-13-11-20(12-14-21)15(2)23-18(3,4)5/h16H,2,6-14H2,1,3-5H3/t16-/m0/s1. The summed E-state index contributed by atoms with van der Waals surface area (Å²) in [6.45, 7) is 17.4. The molecule has 2 aliphatic heterocycles. The first kappa shape index (κ1) is 18.1. The van der Waals surface area contributed by atoms with Crippen LogP contribution in [-0.2, 0) is 9.53 Å². The molecule has 0 N–H and O–H groups in total. The summed E-state index contributed by atoms with van der Waals surface area (Å²) in [6.07, 6.45) is 3.39. The number of likely N-dealkylation sites (N-methyl/N-ethyl adjacent to an activating group) is 1. The van der Waals surface area contributed by atoms with Crippen molar-refractivity contribution in [3.05, 3.63) is 12.5 Å². The number of hydrogen-bond donors (Lipinski definition) is 0. The van der Waals surface area contributed by atoms with Gasteiger partial charge in [-0.2, -0.15) is 0 Å². The second-order valence-corrected chi connectivity index (χ2v) is 7.56. The summed E-state index contributed by atoms with van der Waals surface area (Å²) in [7, 11) is 0. The molecule has 0 aromatic carbocycles. The van der Waals surface area contributed by atoms with Crippen molar-refractivity contribution in [1.82, 2.24) is 14.7 Å². The van der Waals surface area contributed by atoms with E-state index in [1.165, 1.54) is 12.8 Å². The molecule has 2 aliphatic rings. The minimum atomic E-state index is -0.228. The summed E-state index contributed by atoms with van der Waals surface area (Å²) in [5.41, 5.74) is -0.228. The van der Waals surface area contributed by atoms with Gasteiger partial charge in [-0.1, -0.05) is 13.3 Å². The lowest BCUT2D eigenvalue weighted by Crippen LogP contribution is -2.56. The third-order valence-electron chi connectivity index (χ3n) is 4.67. The zero-order valence-electron chi connectivity index (χ0n) is 15.3. The second kappa shape index (κ2) is 7.56. The first-order valence-corrected chi connectivity index (χ1v) is 8.97. The van der Waals surface area contributed by atoms with Gasteiger partial charge in [0.25, 0.3) is 0 Å². The number of nitrogens with zero attached hydrogens (tertiary/aromatic N) is 3. The van der Waals surface area contributed by atoms with Gasteiger partial charge >= 0.3 is 0 Å². The average molecular weight is 323 g/mol. The highest BCUT2D eigenvalue weighted by molar-refractivity contribution is 5.82. The molecule has 2 fully saturated rings. The van der Waals surface area contributed by atoms with Gasteiger partial charge in [-0.15, -0.1) is 0 Å². The monoisotopic (exact) mass is 323 g/mol. The van der Waals surface area contributed by atoms with Crippen molar-refractivity contribution in [3.63, 3.8) is 0 Å². The summed E-state index contributed by atoms with van der Waals surface area (Å²) < 4.78 is 5.84. The molecule has 0 bridgehead atoms. The molecule has 2 rings (SSSR count). The smallest absolute Gasteiger partial charge is 0.240 e. The predicted molar refractivity (Wildman–Crippen MR) is 93.0 cm³/mol. The van der Waals surface area contributed by atoms with E-state index in [4.69, 9.17) is 4.74 Å². The van der Waals surface area contributed by atoms with E-state index in [1.807, 2.05) is 25.7 Å². The Morgan fingerprint density at radius 2 is 1.70 bits per heavy atom. The van der Waals surface area contributed by atoms with Crippen molar-refractivity contribution >= 4 is 5.91 Å². The van der Waals surface area contributed by atoms with Crippen molar-refractivity contribution < 1.29 is 9.53 Å². The van der Waals surface area contributed by atoms with Gasteiger partial charge in [0.1, 0.15) is 5.60 Å². The van der Waals surface area contributed by atoms with Gasteiger partial charge in [-0.3, -0.25) is 9.69 Å². The lowest BCUT2D eigenvalue weighted by atomic mass is 10.0.